The molecule has 0 aromatic heterocycles. The predicted octanol–water partition coefficient (Wildman–Crippen LogP) is 3.33. The van der Waals surface area contributed by atoms with Crippen molar-refractivity contribution in [2.24, 2.45) is 0 Å². The molecule has 0 amide bonds. The molecule has 0 aliphatic carbocycles. The SMILES string of the molecule is CCOC(=O)C(=CN1CC(CC)Oc2ccc(Cl)cc21)C(=O)OCC. The van der Waals surface area contributed by atoms with E-state index in [1.807, 2.05) is 6.92 Å². The van der Waals surface area contributed by atoms with E-state index in [2.05, 4.69) is 0 Å². The molecular weight excluding hydrogens is 346 g/mol. The molecule has 1 aliphatic heterocycles. The number of fused-ring (bicyclic) bond motifs is 1. The highest BCUT2D eigenvalue weighted by Crippen LogP contribution is 2.36. The molecule has 0 bridgehead atoms. The lowest BCUT2D eigenvalue weighted by atomic mass is 10.1. The summed E-state index contributed by atoms with van der Waals surface area (Å²) in [6.45, 7) is 6.17. The highest BCUT2D eigenvalue weighted by Gasteiger charge is 2.28. The van der Waals surface area contributed by atoms with E-state index in [9.17, 15) is 9.59 Å². The average Bonchev–Trinajstić information content (AvgIpc) is 2.59. The fourth-order valence-corrected chi connectivity index (χ4v) is 2.61. The number of benzene rings is 1. The van der Waals surface area contributed by atoms with Crippen molar-refractivity contribution in [1.82, 2.24) is 0 Å². The Kier molecular flexibility index (Phi) is 6.70. The third-order valence-corrected chi connectivity index (χ3v) is 3.89. The van der Waals surface area contributed by atoms with Crippen LogP contribution in [0.2, 0.25) is 5.02 Å². The van der Waals surface area contributed by atoms with Crippen LogP contribution in [-0.4, -0.2) is 37.8 Å². The number of halogens is 1. The van der Waals surface area contributed by atoms with Crippen LogP contribution in [0.4, 0.5) is 5.69 Å². The van der Waals surface area contributed by atoms with Gasteiger partial charge in [-0.25, -0.2) is 9.59 Å². The van der Waals surface area contributed by atoms with Crippen LogP contribution >= 0.6 is 11.6 Å². The maximum absolute atomic E-state index is 12.2. The topological polar surface area (TPSA) is 65.1 Å². The lowest BCUT2D eigenvalue weighted by molar-refractivity contribution is -0.146. The quantitative estimate of drug-likeness (QED) is 0.332. The number of nitrogens with zero attached hydrogens (tertiary/aromatic N) is 1. The average molecular weight is 368 g/mol. The van der Waals surface area contributed by atoms with Gasteiger partial charge in [-0.2, -0.15) is 0 Å². The summed E-state index contributed by atoms with van der Waals surface area (Å²) in [4.78, 5) is 26.2. The van der Waals surface area contributed by atoms with Crippen LogP contribution in [0.25, 0.3) is 0 Å². The van der Waals surface area contributed by atoms with E-state index in [0.29, 0.717) is 23.0 Å². The Labute approximate surface area is 152 Å². The van der Waals surface area contributed by atoms with Crippen LogP contribution in [0.15, 0.2) is 30.0 Å². The van der Waals surface area contributed by atoms with Gasteiger partial charge in [0.2, 0.25) is 0 Å². The summed E-state index contributed by atoms with van der Waals surface area (Å²) >= 11 is 6.09. The van der Waals surface area contributed by atoms with Crippen molar-refractivity contribution in [1.29, 1.82) is 0 Å². The van der Waals surface area contributed by atoms with Gasteiger partial charge in [-0.1, -0.05) is 18.5 Å². The third kappa shape index (κ3) is 4.66. The van der Waals surface area contributed by atoms with Gasteiger partial charge >= 0.3 is 11.9 Å². The summed E-state index contributed by atoms with van der Waals surface area (Å²) in [6, 6.07) is 5.24. The summed E-state index contributed by atoms with van der Waals surface area (Å²) in [7, 11) is 0. The number of hydrogen-bond acceptors (Lipinski definition) is 6. The Morgan fingerprint density at radius 1 is 1.24 bits per heavy atom. The van der Waals surface area contributed by atoms with E-state index in [4.69, 9.17) is 25.8 Å². The van der Waals surface area contributed by atoms with E-state index in [-0.39, 0.29) is 24.9 Å². The van der Waals surface area contributed by atoms with Crippen LogP contribution in [0, 0.1) is 0 Å². The smallest absolute Gasteiger partial charge is 0.347 e. The zero-order valence-electron chi connectivity index (χ0n) is 14.6. The molecule has 7 heteroatoms. The zero-order chi connectivity index (χ0) is 18.4. The fourth-order valence-electron chi connectivity index (χ4n) is 2.45. The van der Waals surface area contributed by atoms with Crippen LogP contribution in [0.3, 0.4) is 0 Å². The molecule has 136 valence electrons. The number of carbonyl (C=O) groups is 2. The molecule has 1 atom stereocenters. The van der Waals surface area contributed by atoms with Gasteiger partial charge in [0.15, 0.2) is 5.57 Å². The summed E-state index contributed by atoms with van der Waals surface area (Å²) in [5.74, 6) is -0.793. The van der Waals surface area contributed by atoms with Crippen LogP contribution in [-0.2, 0) is 19.1 Å². The molecule has 0 N–H and O–H groups in total. The minimum absolute atomic E-state index is 0.0735. The fraction of sp³-hybridized carbons (Fsp3) is 0.444. The number of hydrogen-bond donors (Lipinski definition) is 0. The second kappa shape index (κ2) is 8.76. The predicted molar refractivity (Wildman–Crippen MR) is 94.9 cm³/mol. The Balaban J connectivity index is 2.44. The molecule has 1 aliphatic rings. The number of esters is 2. The first kappa shape index (κ1) is 19.1. The van der Waals surface area contributed by atoms with Crippen molar-refractivity contribution < 1.29 is 23.8 Å². The van der Waals surface area contributed by atoms with Crippen molar-refractivity contribution in [2.75, 3.05) is 24.7 Å². The van der Waals surface area contributed by atoms with Crippen molar-refractivity contribution in [3.05, 3.63) is 35.0 Å². The molecule has 1 aromatic carbocycles. The highest BCUT2D eigenvalue weighted by molar-refractivity contribution is 6.31. The molecule has 1 unspecified atom stereocenters. The molecular formula is C18H22ClNO5. The van der Waals surface area contributed by atoms with Crippen molar-refractivity contribution in [3.8, 4) is 5.75 Å². The number of anilines is 1. The monoisotopic (exact) mass is 367 g/mol. The normalized spacial score (nSPS) is 15.7. The van der Waals surface area contributed by atoms with Gasteiger partial charge in [-0.15, -0.1) is 0 Å². The minimum atomic E-state index is -0.718. The van der Waals surface area contributed by atoms with Crippen molar-refractivity contribution >= 4 is 29.2 Å². The maximum atomic E-state index is 12.2. The minimum Gasteiger partial charge on any atom is -0.486 e. The number of ether oxygens (including phenoxy) is 3. The summed E-state index contributed by atoms with van der Waals surface area (Å²) in [6.07, 6.45) is 2.16. The molecule has 1 aromatic rings. The van der Waals surface area contributed by atoms with Gasteiger partial charge in [0.25, 0.3) is 0 Å². The van der Waals surface area contributed by atoms with Crippen LogP contribution in [0.1, 0.15) is 27.2 Å². The summed E-state index contributed by atoms with van der Waals surface area (Å²) in [5.41, 5.74) is 0.523. The van der Waals surface area contributed by atoms with Gasteiger partial charge < -0.3 is 19.1 Å². The molecule has 0 spiro atoms. The maximum Gasteiger partial charge on any atom is 0.347 e. The molecule has 2 rings (SSSR count). The van der Waals surface area contributed by atoms with Gasteiger partial charge in [0.1, 0.15) is 11.9 Å². The van der Waals surface area contributed by atoms with Gasteiger partial charge in [-0.05, 0) is 38.5 Å². The van der Waals surface area contributed by atoms with E-state index >= 15 is 0 Å². The second-order valence-corrected chi connectivity index (χ2v) is 5.83. The lowest BCUT2D eigenvalue weighted by Crippen LogP contribution is -2.37. The van der Waals surface area contributed by atoms with Crippen molar-refractivity contribution in [2.45, 2.75) is 33.3 Å². The second-order valence-electron chi connectivity index (χ2n) is 5.40. The molecule has 1 heterocycles. The molecule has 0 saturated heterocycles. The van der Waals surface area contributed by atoms with Crippen LogP contribution < -0.4 is 9.64 Å². The van der Waals surface area contributed by atoms with E-state index < -0.39 is 11.9 Å². The Morgan fingerprint density at radius 3 is 2.44 bits per heavy atom. The van der Waals surface area contributed by atoms with Crippen LogP contribution in [0.5, 0.6) is 5.75 Å². The Bertz CT molecular complexity index is 653. The molecule has 0 saturated carbocycles. The lowest BCUT2D eigenvalue weighted by Gasteiger charge is -2.34. The van der Waals surface area contributed by atoms with E-state index in [1.54, 1.807) is 36.9 Å². The first-order valence-corrected chi connectivity index (χ1v) is 8.66. The first-order chi connectivity index (χ1) is 12.0. The Morgan fingerprint density at radius 2 is 1.88 bits per heavy atom. The van der Waals surface area contributed by atoms with Gasteiger partial charge in [0, 0.05) is 11.2 Å². The number of carbonyl (C=O) groups excluding carboxylic acids is 2. The summed E-state index contributed by atoms with van der Waals surface area (Å²) in [5, 5.41) is 0.532. The van der Waals surface area contributed by atoms with Gasteiger partial charge in [-0.3, -0.25) is 0 Å². The van der Waals surface area contributed by atoms with E-state index in [1.165, 1.54) is 6.20 Å². The zero-order valence-corrected chi connectivity index (χ0v) is 15.3. The first-order valence-electron chi connectivity index (χ1n) is 8.29. The van der Waals surface area contributed by atoms with Crippen molar-refractivity contribution in [3.63, 3.8) is 0 Å². The third-order valence-electron chi connectivity index (χ3n) is 3.66. The standard InChI is InChI=1S/C18H22ClNO5/c1-4-13-10-20(15-9-12(19)7-8-16(15)25-13)11-14(17(21)23-5-2)18(22)24-6-3/h7-9,11,13H,4-6,10H2,1-3H3. The van der Waals surface area contributed by atoms with E-state index in [0.717, 1.165) is 6.42 Å². The largest absolute Gasteiger partial charge is 0.486 e. The van der Waals surface area contributed by atoms with Gasteiger partial charge in [0.05, 0.1) is 25.4 Å². The molecule has 6 nitrogen and oxygen atoms in total. The number of rotatable bonds is 6. The molecule has 0 fully saturated rings. The molecule has 25 heavy (non-hydrogen) atoms. The highest BCUT2D eigenvalue weighted by atomic mass is 35.5. The summed E-state index contributed by atoms with van der Waals surface area (Å²) < 4.78 is 15.9. The molecule has 0 radical (unpaired) electrons. The Hall–Kier alpha value is -2.21.